The number of ether oxygens (including phenoxy) is 1. The molecule has 0 N–H and O–H groups in total. The van der Waals surface area contributed by atoms with Crippen molar-refractivity contribution in [1.82, 2.24) is 0 Å². The lowest BCUT2D eigenvalue weighted by Crippen LogP contribution is -2.31. The van der Waals surface area contributed by atoms with Gasteiger partial charge in [0.05, 0.1) is 23.2 Å². The smallest absolute Gasteiger partial charge is 0.270 e. The molecule has 0 aliphatic heterocycles. The molecule has 3 aromatic rings. The minimum absolute atomic E-state index is 0.0842. The Labute approximate surface area is 137 Å². The third kappa shape index (κ3) is 2.67. The van der Waals surface area contributed by atoms with Crippen molar-refractivity contribution in [3.8, 4) is 34.4 Å². The van der Waals surface area contributed by atoms with Gasteiger partial charge in [-0.05, 0) is 30.3 Å². The fraction of sp³-hybridized carbons (Fsp3) is 0.118. The Morgan fingerprint density at radius 2 is 1.83 bits per heavy atom. The molecule has 0 aliphatic carbocycles. The van der Waals surface area contributed by atoms with Crippen molar-refractivity contribution in [1.29, 1.82) is 0 Å². The van der Waals surface area contributed by atoms with E-state index in [2.05, 4.69) is 0 Å². The highest BCUT2D eigenvalue weighted by atomic mass is 16.6. The molecule has 0 unspecified atom stereocenters. The summed E-state index contributed by atoms with van der Waals surface area (Å²) in [6.07, 6.45) is 0. The zero-order chi connectivity index (χ0) is 17.3. The minimum atomic E-state index is -0.552. The average Bonchev–Trinajstić information content (AvgIpc) is 2.89. The molecule has 7 heteroatoms. The number of nitro benzene ring substituents is 1. The molecule has 0 aliphatic rings. The standard InChI is InChI=1S/C17H14N2O5/c1-18-15(12-4-3-5-13(10-12)19(21)22)17(20)24-16(18)11-6-8-14(23-2)9-7-11/h3-10H,1-2H3. The molecule has 1 aromatic heterocycles. The van der Waals surface area contributed by atoms with E-state index in [1.54, 1.807) is 49.1 Å². The van der Waals surface area contributed by atoms with Crippen LogP contribution in [0.25, 0.3) is 22.7 Å². The fourth-order valence-corrected chi connectivity index (χ4v) is 2.51. The Bertz CT molecular complexity index is 900. The van der Waals surface area contributed by atoms with Crippen molar-refractivity contribution in [3.05, 3.63) is 58.6 Å². The van der Waals surface area contributed by atoms with E-state index in [1.165, 1.54) is 18.2 Å². The second kappa shape index (κ2) is 6.04. The van der Waals surface area contributed by atoms with Gasteiger partial charge in [0.15, 0.2) is 0 Å². The fourth-order valence-electron chi connectivity index (χ4n) is 2.51. The first kappa shape index (κ1) is 15.5. The van der Waals surface area contributed by atoms with Crippen LogP contribution in [0, 0.1) is 10.1 Å². The Kier molecular flexibility index (Phi) is 3.91. The molecule has 3 rings (SSSR count). The summed E-state index contributed by atoms with van der Waals surface area (Å²) in [5.74, 6) is 0.502. The number of aromatic nitrogens is 1. The first-order valence-corrected chi connectivity index (χ1v) is 7.10. The molecule has 0 radical (unpaired) electrons. The van der Waals surface area contributed by atoms with Crippen LogP contribution in [-0.2, 0) is 7.05 Å². The lowest BCUT2D eigenvalue weighted by Gasteiger charge is -2.01. The van der Waals surface area contributed by atoms with E-state index >= 15 is 0 Å². The third-order valence-corrected chi connectivity index (χ3v) is 3.69. The number of hydrogen-bond donors (Lipinski definition) is 0. The molecule has 0 amide bonds. The number of nitrogens with zero attached hydrogens (tertiary/aromatic N) is 2. The number of oxazole rings is 1. The average molecular weight is 326 g/mol. The first-order chi connectivity index (χ1) is 11.5. The molecular weight excluding hydrogens is 312 g/mol. The molecule has 0 bridgehead atoms. The lowest BCUT2D eigenvalue weighted by molar-refractivity contribution is -0.652. The zero-order valence-electron chi connectivity index (χ0n) is 13.1. The number of methoxy groups -OCH3 is 1. The van der Waals surface area contributed by atoms with Crippen LogP contribution in [-0.4, -0.2) is 12.0 Å². The lowest BCUT2D eigenvalue weighted by atomic mass is 10.1. The van der Waals surface area contributed by atoms with Crippen LogP contribution in [0.1, 0.15) is 0 Å². The Balaban J connectivity index is 2.09. The van der Waals surface area contributed by atoms with Gasteiger partial charge in [0, 0.05) is 12.1 Å². The summed E-state index contributed by atoms with van der Waals surface area (Å²) >= 11 is 0. The molecule has 122 valence electrons. The van der Waals surface area contributed by atoms with Gasteiger partial charge in [-0.25, -0.2) is 0 Å². The summed E-state index contributed by atoms with van der Waals surface area (Å²) in [5.41, 5.74) is 1.30. The number of benzene rings is 2. The van der Waals surface area contributed by atoms with Crippen LogP contribution in [0.5, 0.6) is 11.7 Å². The van der Waals surface area contributed by atoms with Crippen molar-refractivity contribution >= 4 is 5.69 Å². The predicted octanol–water partition coefficient (Wildman–Crippen LogP) is 2.43. The van der Waals surface area contributed by atoms with E-state index in [0.29, 0.717) is 22.8 Å². The second-order valence-electron chi connectivity index (χ2n) is 5.14. The van der Waals surface area contributed by atoms with Gasteiger partial charge in [0.2, 0.25) is 5.69 Å². The van der Waals surface area contributed by atoms with Crippen LogP contribution in [0.3, 0.4) is 0 Å². The van der Waals surface area contributed by atoms with E-state index in [4.69, 9.17) is 9.15 Å². The van der Waals surface area contributed by atoms with Crippen LogP contribution in [0.4, 0.5) is 5.69 Å². The summed E-state index contributed by atoms with van der Waals surface area (Å²) in [5, 5.41) is 23.2. The summed E-state index contributed by atoms with van der Waals surface area (Å²) < 4.78 is 12.0. The molecule has 1 heterocycles. The maximum absolute atomic E-state index is 12.3. The Hall–Kier alpha value is -3.35. The molecule has 24 heavy (non-hydrogen) atoms. The van der Waals surface area contributed by atoms with Crippen LogP contribution in [0.15, 0.2) is 52.9 Å². The van der Waals surface area contributed by atoms with E-state index in [1.807, 2.05) is 0 Å². The van der Waals surface area contributed by atoms with Crippen LogP contribution in [0.2, 0.25) is 0 Å². The van der Waals surface area contributed by atoms with E-state index in [-0.39, 0.29) is 11.4 Å². The Morgan fingerprint density at radius 3 is 2.46 bits per heavy atom. The van der Waals surface area contributed by atoms with Crippen molar-refractivity contribution in [2.24, 2.45) is 7.05 Å². The van der Waals surface area contributed by atoms with E-state index in [9.17, 15) is 15.2 Å². The highest BCUT2D eigenvalue weighted by Gasteiger charge is 2.22. The highest BCUT2D eigenvalue weighted by Crippen LogP contribution is 2.31. The molecule has 0 saturated carbocycles. The molecule has 7 nitrogen and oxygen atoms in total. The molecule has 0 fully saturated rings. The van der Waals surface area contributed by atoms with Gasteiger partial charge in [-0.1, -0.05) is 6.07 Å². The maximum Gasteiger partial charge on any atom is 0.270 e. The third-order valence-electron chi connectivity index (χ3n) is 3.69. The summed E-state index contributed by atoms with van der Waals surface area (Å²) in [6.45, 7) is 0. The van der Waals surface area contributed by atoms with Crippen molar-refractivity contribution in [3.63, 3.8) is 0 Å². The van der Waals surface area contributed by atoms with Gasteiger partial charge < -0.3 is 14.3 Å². The Morgan fingerprint density at radius 1 is 1.12 bits per heavy atom. The first-order valence-electron chi connectivity index (χ1n) is 7.10. The van der Waals surface area contributed by atoms with Crippen LogP contribution >= 0.6 is 0 Å². The van der Waals surface area contributed by atoms with Crippen LogP contribution < -0.4 is 14.4 Å². The van der Waals surface area contributed by atoms with Gasteiger partial charge in [0.1, 0.15) is 18.7 Å². The summed E-state index contributed by atoms with van der Waals surface area (Å²) in [6, 6.07) is 13.0. The van der Waals surface area contributed by atoms with Gasteiger partial charge in [-0.15, -0.1) is 0 Å². The topological polar surface area (TPSA) is 92.4 Å². The monoisotopic (exact) mass is 326 g/mol. The minimum Gasteiger partial charge on any atom is -0.540 e. The largest absolute Gasteiger partial charge is 0.540 e. The summed E-state index contributed by atoms with van der Waals surface area (Å²) in [4.78, 5) is 10.4. The highest BCUT2D eigenvalue weighted by molar-refractivity contribution is 5.65. The van der Waals surface area contributed by atoms with Gasteiger partial charge in [-0.2, -0.15) is 4.57 Å². The van der Waals surface area contributed by atoms with Gasteiger partial charge in [-0.3, -0.25) is 10.1 Å². The molecule has 2 aromatic carbocycles. The maximum atomic E-state index is 12.3. The quantitative estimate of drug-likeness (QED) is 0.417. The molecule has 0 spiro atoms. The number of rotatable bonds is 4. The molecular formula is C17H14N2O5. The molecule has 0 atom stereocenters. The number of non-ortho nitro benzene ring substituents is 1. The molecule has 0 saturated heterocycles. The number of hydrogen-bond acceptors (Lipinski definition) is 5. The predicted molar refractivity (Wildman–Crippen MR) is 83.4 cm³/mol. The van der Waals surface area contributed by atoms with Crippen molar-refractivity contribution in [2.75, 3.05) is 7.11 Å². The van der Waals surface area contributed by atoms with Crippen molar-refractivity contribution in [2.45, 2.75) is 0 Å². The SMILES string of the molecule is COc1ccc(-c2oc([O-])c(-c3cccc([N+](=O)[O-])c3)[n+]2C)cc1. The summed E-state index contributed by atoms with van der Waals surface area (Å²) in [7, 11) is 3.25. The van der Waals surface area contributed by atoms with E-state index in [0.717, 1.165) is 0 Å². The zero-order valence-corrected chi connectivity index (χ0v) is 13.1. The normalized spacial score (nSPS) is 10.6. The second-order valence-corrected chi connectivity index (χ2v) is 5.14. The van der Waals surface area contributed by atoms with Crippen molar-refractivity contribution < 1.29 is 23.8 Å². The van der Waals surface area contributed by atoms with Gasteiger partial charge >= 0.3 is 0 Å². The van der Waals surface area contributed by atoms with Gasteiger partial charge in [0.25, 0.3) is 11.6 Å². The van der Waals surface area contributed by atoms with E-state index < -0.39 is 10.9 Å². The number of nitro groups is 1.